The summed E-state index contributed by atoms with van der Waals surface area (Å²) in [6.45, 7) is 10.7. The van der Waals surface area contributed by atoms with Crippen molar-refractivity contribution in [2.45, 2.75) is 76.9 Å². The summed E-state index contributed by atoms with van der Waals surface area (Å²) in [5, 5.41) is 5.62. The van der Waals surface area contributed by atoms with Gasteiger partial charge in [0, 0.05) is 12.7 Å². The zero-order valence-corrected chi connectivity index (χ0v) is 26.6. The number of piperidine rings is 1. The highest BCUT2D eigenvalue weighted by atomic mass is 19.4. The number of hydrogen-bond donors (Lipinski definition) is 2. The van der Waals surface area contributed by atoms with Gasteiger partial charge in [-0.25, -0.2) is 4.79 Å². The van der Waals surface area contributed by atoms with Crippen molar-refractivity contribution < 1.29 is 32.2 Å². The third kappa shape index (κ3) is 8.44. The smallest absolute Gasteiger partial charge is 0.416 e. The molecule has 1 atom stereocenters. The number of hydrogen-bond acceptors (Lipinski definition) is 6. The van der Waals surface area contributed by atoms with Crippen molar-refractivity contribution in [1.82, 2.24) is 20.5 Å². The third-order valence-electron chi connectivity index (χ3n) is 8.48. The maximum Gasteiger partial charge on any atom is 0.416 e. The number of ether oxygens (including phenoxy) is 2. The molecule has 2 saturated heterocycles. The fraction of sp³-hybridized carbons (Fsp3) is 0.457. The molecule has 0 spiro atoms. The summed E-state index contributed by atoms with van der Waals surface area (Å²) >= 11 is 0. The van der Waals surface area contributed by atoms with Crippen LogP contribution < -0.4 is 10.6 Å². The summed E-state index contributed by atoms with van der Waals surface area (Å²) in [4.78, 5) is 32.2. The average Bonchev–Trinajstić information content (AvgIpc) is 2.98. The van der Waals surface area contributed by atoms with E-state index in [9.17, 15) is 22.8 Å². The number of likely N-dealkylation sites (tertiary alicyclic amines) is 1. The molecule has 2 amide bonds. The molecule has 0 unspecified atom stereocenters. The Hall–Kier alpha value is -3.96. The van der Waals surface area contributed by atoms with Gasteiger partial charge in [-0.15, -0.1) is 0 Å². The van der Waals surface area contributed by atoms with Crippen molar-refractivity contribution in [3.63, 3.8) is 0 Å². The van der Waals surface area contributed by atoms with Crippen LogP contribution in [0.4, 0.5) is 18.0 Å². The highest BCUT2D eigenvalue weighted by molar-refractivity contribution is 5.92. The van der Waals surface area contributed by atoms with E-state index < -0.39 is 23.4 Å². The first-order valence-corrected chi connectivity index (χ1v) is 15.6. The van der Waals surface area contributed by atoms with Crippen molar-refractivity contribution in [3.05, 3.63) is 88.7 Å². The molecule has 3 aromatic rings. The summed E-state index contributed by atoms with van der Waals surface area (Å²) in [5.41, 5.74) is 2.11. The number of benzene rings is 2. The van der Waals surface area contributed by atoms with Crippen LogP contribution in [0.5, 0.6) is 0 Å². The van der Waals surface area contributed by atoms with Crippen molar-refractivity contribution in [3.8, 4) is 11.1 Å². The number of amides is 2. The van der Waals surface area contributed by atoms with Crippen LogP contribution >= 0.6 is 0 Å². The fourth-order valence-electron chi connectivity index (χ4n) is 5.82. The lowest BCUT2D eigenvalue weighted by Gasteiger charge is -2.41. The number of alkyl halides is 3. The van der Waals surface area contributed by atoms with Crippen molar-refractivity contribution >= 4 is 12.0 Å². The normalized spacial score (nSPS) is 17.2. The maximum absolute atomic E-state index is 13.6. The van der Waals surface area contributed by atoms with Gasteiger partial charge in [0.15, 0.2) is 0 Å². The number of pyridine rings is 1. The second-order valence-electron chi connectivity index (χ2n) is 13.0. The van der Waals surface area contributed by atoms with Crippen molar-refractivity contribution in [1.29, 1.82) is 0 Å². The lowest BCUT2D eigenvalue weighted by molar-refractivity contribution is -0.137. The molecule has 2 aliphatic heterocycles. The van der Waals surface area contributed by atoms with Gasteiger partial charge in [0.2, 0.25) is 0 Å². The van der Waals surface area contributed by atoms with Gasteiger partial charge in [-0.1, -0.05) is 30.3 Å². The van der Waals surface area contributed by atoms with E-state index in [1.165, 1.54) is 6.07 Å². The molecule has 246 valence electrons. The average molecular weight is 639 g/mol. The van der Waals surface area contributed by atoms with Crippen LogP contribution in [0.3, 0.4) is 0 Å². The molecule has 46 heavy (non-hydrogen) atoms. The zero-order valence-electron chi connectivity index (χ0n) is 26.6. The summed E-state index contributed by atoms with van der Waals surface area (Å²) in [7, 11) is 0. The lowest BCUT2D eigenvalue weighted by Crippen LogP contribution is -2.51. The zero-order chi connectivity index (χ0) is 33.1. The minimum Gasteiger partial charge on any atom is -0.444 e. The highest BCUT2D eigenvalue weighted by Crippen LogP contribution is 2.35. The van der Waals surface area contributed by atoms with E-state index in [2.05, 4.69) is 20.5 Å². The summed E-state index contributed by atoms with van der Waals surface area (Å²) in [5.74, 6) is 0.0766. The van der Waals surface area contributed by atoms with Crippen molar-refractivity contribution in [2.75, 3.05) is 26.3 Å². The molecule has 11 heteroatoms. The minimum absolute atomic E-state index is 0.0166. The maximum atomic E-state index is 13.6. The Morgan fingerprint density at radius 1 is 1.02 bits per heavy atom. The van der Waals surface area contributed by atoms with E-state index in [-0.39, 0.29) is 18.5 Å². The Bertz CT molecular complexity index is 1530. The topological polar surface area (TPSA) is 92.8 Å². The molecule has 2 aromatic carbocycles. The first-order chi connectivity index (χ1) is 21.8. The molecule has 0 bridgehead atoms. The number of carbonyl (C=O) groups excluding carboxylic acids is 2. The first-order valence-electron chi connectivity index (χ1n) is 15.6. The molecule has 1 aromatic heterocycles. The van der Waals surface area contributed by atoms with Gasteiger partial charge < -0.3 is 20.1 Å². The molecule has 0 aliphatic carbocycles. The van der Waals surface area contributed by atoms with Crippen LogP contribution in [-0.4, -0.2) is 59.8 Å². The Kier molecular flexibility index (Phi) is 10.0. The molecule has 2 N–H and O–H groups in total. The largest absolute Gasteiger partial charge is 0.444 e. The van der Waals surface area contributed by atoms with Crippen LogP contribution in [0.15, 0.2) is 60.8 Å². The Balaban J connectivity index is 1.25. The SMILES string of the molecule is C[C@@H](NC(=O)c1cc(C2CCN(C3COC3)CC2)ccn1)c1ccc(-c2cc(C(F)(F)F)ccc2CNC(=O)OC(C)(C)C)cc1. The highest BCUT2D eigenvalue weighted by Gasteiger charge is 2.32. The number of carbonyl (C=O) groups is 2. The Morgan fingerprint density at radius 3 is 2.33 bits per heavy atom. The van der Waals surface area contributed by atoms with E-state index in [1.54, 1.807) is 51.2 Å². The minimum atomic E-state index is -4.53. The van der Waals surface area contributed by atoms with Gasteiger partial charge in [0.25, 0.3) is 5.91 Å². The third-order valence-corrected chi connectivity index (χ3v) is 8.48. The van der Waals surface area contributed by atoms with Crippen LogP contribution in [0.25, 0.3) is 11.1 Å². The van der Waals surface area contributed by atoms with Crippen LogP contribution in [-0.2, 0) is 22.2 Å². The van der Waals surface area contributed by atoms with Gasteiger partial charge in [0.1, 0.15) is 11.3 Å². The summed E-state index contributed by atoms with van der Waals surface area (Å²) in [6.07, 6.45) is -1.47. The van der Waals surface area contributed by atoms with E-state index in [4.69, 9.17) is 9.47 Å². The van der Waals surface area contributed by atoms with Gasteiger partial charge >= 0.3 is 12.3 Å². The van der Waals surface area contributed by atoms with E-state index in [0.717, 1.165) is 62.4 Å². The molecule has 2 aliphatic rings. The van der Waals surface area contributed by atoms with Crippen LogP contribution in [0.1, 0.15) is 85.2 Å². The molecule has 2 fully saturated rings. The molecule has 5 rings (SSSR count). The monoisotopic (exact) mass is 638 g/mol. The van der Waals surface area contributed by atoms with Crippen molar-refractivity contribution in [2.24, 2.45) is 0 Å². The van der Waals surface area contributed by atoms with E-state index in [1.807, 2.05) is 19.1 Å². The van der Waals surface area contributed by atoms with Crippen LogP contribution in [0, 0.1) is 0 Å². The first kappa shape index (κ1) is 33.4. The Morgan fingerprint density at radius 2 is 1.72 bits per heavy atom. The van der Waals surface area contributed by atoms with Gasteiger partial charge in [-0.05, 0) is 112 Å². The van der Waals surface area contributed by atoms with Gasteiger partial charge in [-0.2, -0.15) is 13.2 Å². The summed E-state index contributed by atoms with van der Waals surface area (Å²) < 4.78 is 51.4. The molecule has 0 radical (unpaired) electrons. The predicted octanol–water partition coefficient (Wildman–Crippen LogP) is 6.86. The molecular weight excluding hydrogens is 597 g/mol. The molecule has 3 heterocycles. The second-order valence-corrected chi connectivity index (χ2v) is 13.0. The quantitative estimate of drug-likeness (QED) is 0.280. The lowest BCUT2D eigenvalue weighted by atomic mass is 9.89. The van der Waals surface area contributed by atoms with Gasteiger partial charge in [-0.3, -0.25) is 14.7 Å². The fourth-order valence-corrected chi connectivity index (χ4v) is 5.82. The summed E-state index contributed by atoms with van der Waals surface area (Å²) in [6, 6.07) is 14.4. The molecular formula is C35H41F3N4O4. The number of halogens is 3. The van der Waals surface area contributed by atoms with Gasteiger partial charge in [0.05, 0.1) is 30.9 Å². The number of nitrogens with zero attached hydrogens (tertiary/aromatic N) is 2. The standard InChI is InChI=1S/C35H41F3N4O4/c1-22(41-32(43)31-17-26(11-14-39-31)24-12-15-42(16-13-24)29-20-45-21-29)23-5-7-25(8-6-23)30-18-28(35(36,37)38)10-9-27(30)19-40-33(44)46-34(2,3)4/h5-11,14,17-18,22,24,29H,12-13,15-16,19-21H2,1-4H3,(H,40,44)(H,41,43)/t22-/m1/s1. The number of rotatable bonds is 8. The second kappa shape index (κ2) is 13.8. The van der Waals surface area contributed by atoms with E-state index in [0.29, 0.717) is 34.3 Å². The molecule has 0 saturated carbocycles. The Labute approximate surface area is 267 Å². The molecule has 8 nitrogen and oxygen atoms in total. The van der Waals surface area contributed by atoms with E-state index >= 15 is 0 Å². The number of alkyl carbamates (subject to hydrolysis) is 1. The predicted molar refractivity (Wildman–Crippen MR) is 168 cm³/mol. The number of nitrogens with one attached hydrogen (secondary N) is 2. The number of aromatic nitrogens is 1. The van der Waals surface area contributed by atoms with Crippen LogP contribution in [0.2, 0.25) is 0 Å².